The lowest BCUT2D eigenvalue weighted by Crippen LogP contribution is -2.46. The Morgan fingerprint density at radius 1 is 1.44 bits per heavy atom. The van der Waals surface area contributed by atoms with Crippen LogP contribution in [0.15, 0.2) is 5.38 Å². The van der Waals surface area contributed by atoms with E-state index in [1.165, 1.54) is 16.2 Å². The number of hydrogen-bond acceptors (Lipinski definition) is 6. The van der Waals surface area contributed by atoms with Crippen molar-refractivity contribution < 1.29 is 14.7 Å². The Hall–Kier alpha value is -1.87. The van der Waals surface area contributed by atoms with Gasteiger partial charge >= 0.3 is 6.03 Å². The summed E-state index contributed by atoms with van der Waals surface area (Å²) in [4.78, 5) is 31.4. The number of carbonyl (C=O) groups excluding carboxylic acids is 2. The molecule has 0 aromatic carbocycles. The highest BCUT2D eigenvalue weighted by Crippen LogP contribution is 2.22. The summed E-state index contributed by atoms with van der Waals surface area (Å²) in [5.74, 6) is 0.0631. The van der Waals surface area contributed by atoms with E-state index >= 15 is 0 Å². The maximum absolute atomic E-state index is 12.4. The van der Waals surface area contributed by atoms with E-state index in [-0.39, 0.29) is 18.5 Å². The molecule has 1 fully saturated rings. The molecule has 0 saturated carbocycles. The molecule has 140 valence electrons. The molecule has 9 heteroatoms. The quantitative estimate of drug-likeness (QED) is 0.706. The Labute approximate surface area is 152 Å². The van der Waals surface area contributed by atoms with E-state index in [1.807, 2.05) is 5.38 Å². The minimum Gasteiger partial charge on any atom is -0.388 e. The fourth-order valence-corrected chi connectivity index (χ4v) is 3.43. The van der Waals surface area contributed by atoms with Gasteiger partial charge in [0, 0.05) is 45.5 Å². The van der Waals surface area contributed by atoms with Gasteiger partial charge in [-0.25, -0.2) is 9.78 Å². The van der Waals surface area contributed by atoms with Crippen LogP contribution in [0, 0.1) is 0 Å². The van der Waals surface area contributed by atoms with Crippen molar-refractivity contribution in [2.45, 2.75) is 37.7 Å². The fourth-order valence-electron chi connectivity index (χ4n) is 2.83. The molecule has 8 nitrogen and oxygen atoms in total. The summed E-state index contributed by atoms with van der Waals surface area (Å²) in [5, 5.41) is 15.8. The van der Waals surface area contributed by atoms with E-state index in [1.54, 1.807) is 19.0 Å². The third-order valence-electron chi connectivity index (χ3n) is 4.41. The fraction of sp³-hybridized carbons (Fsp3) is 0.688. The summed E-state index contributed by atoms with van der Waals surface area (Å²) < 4.78 is 0. The van der Waals surface area contributed by atoms with Gasteiger partial charge in [-0.15, -0.1) is 11.3 Å². The van der Waals surface area contributed by atoms with Crippen LogP contribution in [0.2, 0.25) is 0 Å². The van der Waals surface area contributed by atoms with E-state index in [0.29, 0.717) is 50.3 Å². The summed E-state index contributed by atoms with van der Waals surface area (Å²) in [6, 6.07) is -0.229. The molecule has 1 atom stereocenters. The number of thiazole rings is 1. The lowest BCUT2D eigenvalue weighted by molar-refractivity contribution is -0.131. The lowest BCUT2D eigenvalue weighted by atomic mass is 9.95. The van der Waals surface area contributed by atoms with Crippen LogP contribution < -0.4 is 11.1 Å². The second kappa shape index (κ2) is 8.48. The molecule has 0 aliphatic carbocycles. The Kier molecular flexibility index (Phi) is 6.60. The summed E-state index contributed by atoms with van der Waals surface area (Å²) in [5.41, 5.74) is 5.47. The number of aryl methyl sites for hydroxylation is 1. The molecular weight excluding hydrogens is 342 g/mol. The van der Waals surface area contributed by atoms with Crippen molar-refractivity contribution in [3.8, 4) is 0 Å². The van der Waals surface area contributed by atoms with Gasteiger partial charge in [0.05, 0.1) is 11.3 Å². The average molecular weight is 369 g/mol. The predicted octanol–water partition coefficient (Wildman–Crippen LogP) is 0.673. The van der Waals surface area contributed by atoms with Gasteiger partial charge in [-0.05, 0) is 25.7 Å². The summed E-state index contributed by atoms with van der Waals surface area (Å²) >= 11 is 1.38. The van der Waals surface area contributed by atoms with E-state index in [0.717, 1.165) is 5.69 Å². The second-order valence-electron chi connectivity index (χ2n) is 6.69. The Balaban J connectivity index is 1.81. The third kappa shape index (κ3) is 5.86. The highest BCUT2D eigenvalue weighted by atomic mass is 32.1. The molecule has 3 amide bonds. The number of aromatic nitrogens is 1. The molecule has 1 aromatic rings. The van der Waals surface area contributed by atoms with Gasteiger partial charge in [0.2, 0.25) is 5.91 Å². The van der Waals surface area contributed by atoms with Crippen LogP contribution in [0.25, 0.3) is 0 Å². The molecule has 2 heterocycles. The number of carbonyl (C=O) groups is 2. The molecular formula is C16H27N5O3S. The zero-order valence-electron chi connectivity index (χ0n) is 14.8. The van der Waals surface area contributed by atoms with E-state index < -0.39 is 5.60 Å². The van der Waals surface area contributed by atoms with E-state index in [4.69, 9.17) is 5.73 Å². The Bertz CT molecular complexity index is 606. The topological polar surface area (TPSA) is 112 Å². The van der Waals surface area contributed by atoms with E-state index in [9.17, 15) is 14.7 Å². The van der Waals surface area contributed by atoms with Crippen molar-refractivity contribution in [3.63, 3.8) is 0 Å². The first kappa shape index (κ1) is 19.5. The third-order valence-corrected chi connectivity index (χ3v) is 5.13. The van der Waals surface area contributed by atoms with Gasteiger partial charge in [-0.2, -0.15) is 0 Å². The van der Waals surface area contributed by atoms with Gasteiger partial charge in [0.15, 0.2) is 5.13 Å². The van der Waals surface area contributed by atoms with Crippen LogP contribution in [0.5, 0.6) is 0 Å². The average Bonchev–Trinajstić information content (AvgIpc) is 2.88. The SMILES string of the molecule is CN(C)C(=O)NC[C@@]1(O)CCCN(C(=O)CCc2csc(N)n2)CC1. The van der Waals surface area contributed by atoms with Gasteiger partial charge in [-0.3, -0.25) is 4.79 Å². The van der Waals surface area contributed by atoms with Gasteiger partial charge in [0.25, 0.3) is 0 Å². The first-order valence-corrected chi connectivity index (χ1v) is 9.32. The smallest absolute Gasteiger partial charge is 0.316 e. The van der Waals surface area contributed by atoms with Crippen molar-refractivity contribution in [1.29, 1.82) is 0 Å². The van der Waals surface area contributed by atoms with Crippen LogP contribution in [-0.4, -0.2) is 71.2 Å². The standard InChI is InChI=1S/C16H27N5O3S/c1-20(2)15(23)18-11-16(24)6-3-8-21(9-7-16)13(22)5-4-12-10-25-14(17)19-12/h10,24H,3-9,11H2,1-2H3,(H2,17,19)(H,18,23)/t16-/m1/s1. The highest BCUT2D eigenvalue weighted by molar-refractivity contribution is 7.13. The largest absolute Gasteiger partial charge is 0.388 e. The van der Waals surface area contributed by atoms with Crippen LogP contribution in [0.4, 0.5) is 9.93 Å². The van der Waals surface area contributed by atoms with E-state index in [2.05, 4.69) is 10.3 Å². The number of nitrogens with two attached hydrogens (primary N) is 1. The number of nitrogens with one attached hydrogen (secondary N) is 1. The number of amides is 3. The number of likely N-dealkylation sites (tertiary alicyclic amines) is 1. The molecule has 0 unspecified atom stereocenters. The molecule has 1 aliphatic heterocycles. The molecule has 2 rings (SSSR count). The Morgan fingerprint density at radius 2 is 2.20 bits per heavy atom. The summed E-state index contributed by atoms with van der Waals surface area (Å²) in [6.07, 6.45) is 2.69. The lowest BCUT2D eigenvalue weighted by Gasteiger charge is -2.28. The minimum absolute atomic E-state index is 0.0631. The predicted molar refractivity (Wildman–Crippen MR) is 97.3 cm³/mol. The number of nitrogens with zero attached hydrogens (tertiary/aromatic N) is 3. The molecule has 0 spiro atoms. The number of anilines is 1. The van der Waals surface area contributed by atoms with Crippen LogP contribution in [0.1, 0.15) is 31.4 Å². The molecule has 0 bridgehead atoms. The number of aliphatic hydroxyl groups is 1. The van der Waals surface area contributed by atoms with Gasteiger partial charge in [0.1, 0.15) is 0 Å². The van der Waals surface area contributed by atoms with Crippen LogP contribution in [-0.2, 0) is 11.2 Å². The monoisotopic (exact) mass is 369 g/mol. The molecule has 1 saturated heterocycles. The normalized spacial score (nSPS) is 20.8. The van der Waals surface area contributed by atoms with Gasteiger partial charge < -0.3 is 26.0 Å². The van der Waals surface area contributed by atoms with Crippen LogP contribution in [0.3, 0.4) is 0 Å². The zero-order valence-corrected chi connectivity index (χ0v) is 15.6. The number of urea groups is 1. The first-order valence-electron chi connectivity index (χ1n) is 8.44. The van der Waals surface area contributed by atoms with Crippen molar-refractivity contribution in [1.82, 2.24) is 20.1 Å². The Morgan fingerprint density at radius 3 is 2.84 bits per heavy atom. The van der Waals surface area contributed by atoms with Crippen molar-refractivity contribution in [2.75, 3.05) is 39.5 Å². The minimum atomic E-state index is -0.968. The summed E-state index contributed by atoms with van der Waals surface area (Å²) in [6.45, 7) is 1.32. The van der Waals surface area contributed by atoms with Crippen molar-refractivity contribution >= 4 is 28.4 Å². The first-order chi connectivity index (χ1) is 11.8. The van der Waals surface area contributed by atoms with Crippen LogP contribution >= 0.6 is 11.3 Å². The molecule has 1 aliphatic rings. The second-order valence-corrected chi connectivity index (χ2v) is 7.58. The molecule has 0 radical (unpaired) electrons. The zero-order chi connectivity index (χ0) is 18.4. The van der Waals surface area contributed by atoms with Gasteiger partial charge in [-0.1, -0.05) is 0 Å². The molecule has 4 N–H and O–H groups in total. The molecule has 1 aromatic heterocycles. The highest BCUT2D eigenvalue weighted by Gasteiger charge is 2.32. The number of hydrogen-bond donors (Lipinski definition) is 3. The number of nitrogen functional groups attached to an aromatic ring is 1. The molecule has 25 heavy (non-hydrogen) atoms. The number of rotatable bonds is 5. The van der Waals surface area contributed by atoms with Crippen molar-refractivity contribution in [2.24, 2.45) is 0 Å². The maximum Gasteiger partial charge on any atom is 0.316 e. The maximum atomic E-state index is 12.4. The van der Waals surface area contributed by atoms with Crippen molar-refractivity contribution in [3.05, 3.63) is 11.1 Å². The summed E-state index contributed by atoms with van der Waals surface area (Å²) in [7, 11) is 3.31.